The van der Waals surface area contributed by atoms with Gasteiger partial charge >= 0.3 is 0 Å². The number of fused-ring (bicyclic) bond motifs is 2. The maximum Gasteiger partial charge on any atom is 0.276 e. The summed E-state index contributed by atoms with van der Waals surface area (Å²) in [5.41, 5.74) is 1.03. The number of halogens is 2. The summed E-state index contributed by atoms with van der Waals surface area (Å²) in [6.45, 7) is 0.550. The van der Waals surface area contributed by atoms with Crippen molar-refractivity contribution in [3.05, 3.63) is 92.1 Å². The molecule has 0 radical (unpaired) electrons. The van der Waals surface area contributed by atoms with Crippen LogP contribution in [0.3, 0.4) is 0 Å². The molecule has 2 aliphatic rings. The zero-order chi connectivity index (χ0) is 21.7. The highest BCUT2D eigenvalue weighted by Crippen LogP contribution is 2.47. The van der Waals surface area contributed by atoms with Gasteiger partial charge in [-0.2, -0.15) is 5.10 Å². The third-order valence-corrected chi connectivity index (χ3v) is 6.96. The number of hydrogen-bond donors (Lipinski definition) is 1. The molecule has 3 atom stereocenters. The minimum absolute atomic E-state index is 0.0881. The van der Waals surface area contributed by atoms with E-state index in [4.69, 9.17) is 0 Å². The molecule has 3 aromatic rings. The van der Waals surface area contributed by atoms with E-state index in [9.17, 15) is 19.1 Å². The normalized spacial score (nSPS) is 21.0. The van der Waals surface area contributed by atoms with Crippen molar-refractivity contribution in [3.8, 4) is 5.75 Å². The molecule has 3 heterocycles. The molecule has 158 valence electrons. The van der Waals surface area contributed by atoms with Crippen LogP contribution in [0.2, 0.25) is 0 Å². The average Bonchev–Trinajstić information content (AvgIpc) is 3.25. The van der Waals surface area contributed by atoms with Gasteiger partial charge in [0.1, 0.15) is 5.82 Å². The summed E-state index contributed by atoms with van der Waals surface area (Å²) in [6, 6.07) is 13.5. The Kier molecular flexibility index (Phi) is 4.89. The van der Waals surface area contributed by atoms with E-state index in [-0.39, 0.29) is 35.4 Å². The van der Waals surface area contributed by atoms with E-state index in [1.807, 2.05) is 24.3 Å². The molecular formula is C23H19BrFN3O3. The lowest BCUT2D eigenvalue weighted by atomic mass is 9.80. The Balaban J connectivity index is 1.79. The smallest absolute Gasteiger partial charge is 0.276 e. The average molecular weight is 484 g/mol. The van der Waals surface area contributed by atoms with Gasteiger partial charge in [-0.3, -0.25) is 14.3 Å². The van der Waals surface area contributed by atoms with Gasteiger partial charge in [0.2, 0.25) is 5.43 Å². The van der Waals surface area contributed by atoms with Crippen molar-refractivity contribution in [2.75, 3.05) is 6.54 Å². The van der Waals surface area contributed by atoms with Crippen LogP contribution in [0.4, 0.5) is 4.39 Å². The number of carbonyl (C=O) groups excluding carboxylic acids is 1. The Labute approximate surface area is 186 Å². The number of hydrogen-bond acceptors (Lipinski definition) is 4. The van der Waals surface area contributed by atoms with E-state index in [1.54, 1.807) is 17.0 Å². The molecule has 2 aliphatic heterocycles. The number of aromatic hydroxyl groups is 1. The van der Waals surface area contributed by atoms with Crippen LogP contribution in [0.15, 0.2) is 64.0 Å². The first-order valence-electron chi connectivity index (χ1n) is 10.1. The summed E-state index contributed by atoms with van der Waals surface area (Å²) in [6.07, 6.45) is 2.64. The highest BCUT2D eigenvalue weighted by molar-refractivity contribution is 9.10. The van der Waals surface area contributed by atoms with Gasteiger partial charge in [0, 0.05) is 16.9 Å². The Morgan fingerprint density at radius 1 is 1.13 bits per heavy atom. The summed E-state index contributed by atoms with van der Waals surface area (Å²) in [5, 5.41) is 14.8. The van der Waals surface area contributed by atoms with Gasteiger partial charge in [0.25, 0.3) is 5.91 Å². The molecule has 0 unspecified atom stereocenters. The molecule has 8 heteroatoms. The molecule has 0 aliphatic carbocycles. The Bertz CT molecular complexity index is 1230. The first kappa shape index (κ1) is 19.9. The van der Waals surface area contributed by atoms with Crippen LogP contribution >= 0.6 is 15.9 Å². The zero-order valence-electron chi connectivity index (χ0n) is 16.4. The van der Waals surface area contributed by atoms with Crippen LogP contribution in [0, 0.1) is 5.82 Å². The van der Waals surface area contributed by atoms with Crippen LogP contribution in [0.5, 0.6) is 5.75 Å². The van der Waals surface area contributed by atoms with E-state index in [0.29, 0.717) is 6.54 Å². The zero-order valence-corrected chi connectivity index (χ0v) is 18.0. The number of rotatable bonds is 3. The van der Waals surface area contributed by atoms with Crippen molar-refractivity contribution in [1.82, 2.24) is 14.7 Å². The molecule has 2 aromatic carbocycles. The predicted octanol–water partition coefficient (Wildman–Crippen LogP) is 3.84. The quantitative estimate of drug-likeness (QED) is 0.613. The summed E-state index contributed by atoms with van der Waals surface area (Å²) in [7, 11) is 0. The van der Waals surface area contributed by atoms with Crippen LogP contribution < -0.4 is 5.43 Å². The lowest BCUT2D eigenvalue weighted by Gasteiger charge is -2.42. The molecule has 1 amide bonds. The van der Waals surface area contributed by atoms with E-state index in [2.05, 4.69) is 21.0 Å². The summed E-state index contributed by atoms with van der Waals surface area (Å²) < 4.78 is 16.1. The highest BCUT2D eigenvalue weighted by atomic mass is 79.9. The largest absolute Gasteiger partial charge is 0.502 e. The summed E-state index contributed by atoms with van der Waals surface area (Å²) in [5.74, 6) is -1.61. The first-order chi connectivity index (χ1) is 15.0. The molecule has 1 fully saturated rings. The summed E-state index contributed by atoms with van der Waals surface area (Å²) >= 11 is 3.64. The number of aromatic nitrogens is 2. The number of nitrogens with zero attached hydrogens (tertiary/aromatic N) is 3. The Hall–Kier alpha value is -3.00. The standard InChI is InChI=1S/C23H19BrFN3O3/c24-16-5-2-1-4-15(16)19(13-7-9-14(25)10-8-13)20-17-6-3-11-27(17)23(31)21-22(30)18(29)12-26-28(20)21/h1-2,4-5,7-10,12,17,19-20,30H,3,6,11H2/t17-,19+,20-/m1/s1. The molecule has 5 rings (SSSR count). The van der Waals surface area contributed by atoms with E-state index in [0.717, 1.165) is 34.6 Å². The van der Waals surface area contributed by atoms with Crippen LogP contribution in [0.25, 0.3) is 0 Å². The van der Waals surface area contributed by atoms with Gasteiger partial charge in [-0.15, -0.1) is 0 Å². The lowest BCUT2D eigenvalue weighted by Crippen LogP contribution is -2.50. The maximum atomic E-state index is 13.7. The first-order valence-corrected chi connectivity index (χ1v) is 10.9. The second-order valence-corrected chi connectivity index (χ2v) is 8.75. The van der Waals surface area contributed by atoms with Crippen LogP contribution in [0.1, 0.15) is 46.4 Å². The summed E-state index contributed by atoms with van der Waals surface area (Å²) in [4.78, 5) is 27.0. The van der Waals surface area contributed by atoms with Crippen molar-refractivity contribution in [2.24, 2.45) is 0 Å². The van der Waals surface area contributed by atoms with Gasteiger partial charge < -0.3 is 10.0 Å². The molecule has 0 spiro atoms. The molecule has 6 nitrogen and oxygen atoms in total. The highest BCUT2D eigenvalue weighted by Gasteiger charge is 2.48. The van der Waals surface area contributed by atoms with E-state index >= 15 is 0 Å². The molecule has 0 bridgehead atoms. The Morgan fingerprint density at radius 2 is 1.87 bits per heavy atom. The van der Waals surface area contributed by atoms with Crippen molar-refractivity contribution >= 4 is 21.8 Å². The molecule has 31 heavy (non-hydrogen) atoms. The third-order valence-electron chi connectivity index (χ3n) is 6.24. The van der Waals surface area contributed by atoms with Crippen LogP contribution in [-0.2, 0) is 0 Å². The minimum Gasteiger partial charge on any atom is -0.502 e. The van der Waals surface area contributed by atoms with Crippen molar-refractivity contribution < 1.29 is 14.3 Å². The SMILES string of the molecule is O=C1c2c(O)c(=O)cnn2[C@@H]([C@@H](c2ccc(F)cc2)c2ccccc2Br)[C@H]2CCCN12. The minimum atomic E-state index is -0.685. The number of carbonyl (C=O) groups is 1. The second-order valence-electron chi connectivity index (χ2n) is 7.90. The van der Waals surface area contributed by atoms with Crippen molar-refractivity contribution in [2.45, 2.75) is 30.8 Å². The monoisotopic (exact) mass is 483 g/mol. The third kappa shape index (κ3) is 3.17. The Morgan fingerprint density at radius 3 is 2.61 bits per heavy atom. The van der Waals surface area contributed by atoms with Gasteiger partial charge in [0.05, 0.1) is 18.3 Å². The number of amides is 1. The van der Waals surface area contributed by atoms with E-state index in [1.165, 1.54) is 16.8 Å². The lowest BCUT2D eigenvalue weighted by molar-refractivity contribution is 0.0565. The fourth-order valence-corrected chi connectivity index (χ4v) is 5.44. The molecule has 0 saturated carbocycles. The maximum absolute atomic E-state index is 13.7. The van der Waals surface area contributed by atoms with Crippen molar-refractivity contribution in [1.29, 1.82) is 0 Å². The molecule has 1 aromatic heterocycles. The molecule has 1 saturated heterocycles. The fourth-order valence-electron chi connectivity index (χ4n) is 4.90. The van der Waals surface area contributed by atoms with Crippen molar-refractivity contribution in [3.63, 3.8) is 0 Å². The second kappa shape index (κ2) is 7.60. The van der Waals surface area contributed by atoms with Gasteiger partial charge in [-0.05, 0) is 42.2 Å². The van der Waals surface area contributed by atoms with E-state index < -0.39 is 11.2 Å². The topological polar surface area (TPSA) is 75.4 Å². The predicted molar refractivity (Wildman–Crippen MR) is 116 cm³/mol. The van der Waals surface area contributed by atoms with Gasteiger partial charge in [-0.1, -0.05) is 46.3 Å². The number of benzene rings is 2. The molecular weight excluding hydrogens is 465 g/mol. The van der Waals surface area contributed by atoms with Gasteiger partial charge in [0.15, 0.2) is 11.4 Å². The molecule has 1 N–H and O–H groups in total. The van der Waals surface area contributed by atoms with Gasteiger partial charge in [-0.25, -0.2) is 4.39 Å². The fraction of sp³-hybridized carbons (Fsp3) is 0.261. The van der Waals surface area contributed by atoms with Crippen LogP contribution in [-0.4, -0.2) is 38.3 Å².